The Morgan fingerprint density at radius 1 is 0.895 bits per heavy atom. The molecular weight excluding hydrogens is 343 g/mol. The minimum absolute atomic E-state index is 0. The molecule has 0 amide bonds. The Bertz CT molecular complexity index is 420. The first-order valence-corrected chi connectivity index (χ1v) is 5.43. The van der Waals surface area contributed by atoms with Crippen molar-refractivity contribution < 1.29 is 99.5 Å². The van der Waals surface area contributed by atoms with Gasteiger partial charge < -0.3 is 4.55 Å². The second-order valence-corrected chi connectivity index (χ2v) is 4.60. The summed E-state index contributed by atoms with van der Waals surface area (Å²) in [5.74, 6) is -19.4. The van der Waals surface area contributed by atoms with E-state index in [4.69, 9.17) is 0 Å². The van der Waals surface area contributed by atoms with Gasteiger partial charge in [-0.2, -0.15) is 35.1 Å². The predicted molar refractivity (Wildman–Crippen MR) is 39.8 cm³/mol. The van der Waals surface area contributed by atoms with Crippen LogP contribution in [-0.4, -0.2) is 36.0 Å². The van der Waals surface area contributed by atoms with Gasteiger partial charge in [0.05, 0.1) is 0 Å². The van der Waals surface area contributed by atoms with Crippen molar-refractivity contribution in [3.8, 4) is 0 Å². The second-order valence-electron chi connectivity index (χ2n) is 3.18. The van der Waals surface area contributed by atoms with Gasteiger partial charge in [0.25, 0.3) is 0 Å². The Morgan fingerprint density at radius 2 is 1.21 bits per heavy atom. The molecule has 0 bridgehead atoms. The van der Waals surface area contributed by atoms with Crippen LogP contribution in [0.3, 0.4) is 0 Å². The fourth-order valence-corrected chi connectivity index (χ4v) is 1.23. The maximum atomic E-state index is 12.6. The Kier molecular flexibility index (Phi) is 7.04. The van der Waals surface area contributed by atoms with Gasteiger partial charge in [-0.3, -0.25) is 0 Å². The van der Waals surface area contributed by atoms with Gasteiger partial charge >= 0.3 is 74.4 Å². The van der Waals surface area contributed by atoms with Crippen molar-refractivity contribution in [1.29, 1.82) is 0 Å². The third kappa shape index (κ3) is 3.43. The number of rotatable bonds is 5. The van der Waals surface area contributed by atoms with Gasteiger partial charge in [-0.1, -0.05) is 6.92 Å². The summed E-state index contributed by atoms with van der Waals surface area (Å²) in [6, 6.07) is 0. The summed E-state index contributed by atoms with van der Waals surface area (Å²) >= 11 is 0. The zero-order valence-electron chi connectivity index (χ0n) is 9.36. The monoisotopic (exact) mass is 348 g/mol. The van der Waals surface area contributed by atoms with E-state index >= 15 is 0 Å². The van der Waals surface area contributed by atoms with Crippen molar-refractivity contribution in [1.82, 2.24) is 0 Å². The first-order valence-electron chi connectivity index (χ1n) is 4.03. The summed E-state index contributed by atoms with van der Waals surface area (Å²) in [5, 5.41) is -6.87. The van der Waals surface area contributed by atoms with E-state index in [1.54, 1.807) is 0 Å². The Labute approximate surface area is 144 Å². The minimum atomic E-state index is -7.26. The molecule has 0 aliphatic heterocycles. The molecule has 0 heterocycles. The maximum absolute atomic E-state index is 12.6. The van der Waals surface area contributed by atoms with Crippen LogP contribution in [0.4, 0.5) is 35.1 Å². The van der Waals surface area contributed by atoms with Gasteiger partial charge in [0.2, 0.25) is 0 Å². The van der Waals surface area contributed by atoms with Gasteiger partial charge in [0.1, 0.15) is 0 Å². The summed E-state index contributed by atoms with van der Waals surface area (Å²) in [6.07, 6.45) is -1.97. The fraction of sp³-hybridized carbons (Fsp3) is 1.00. The molecule has 0 saturated carbocycles. The van der Waals surface area contributed by atoms with Crippen molar-refractivity contribution in [3.05, 3.63) is 0 Å². The average Bonchev–Trinajstić information content (AvgIpc) is 2.15. The van der Waals surface area contributed by atoms with Crippen molar-refractivity contribution in [2.45, 2.75) is 36.4 Å². The van der Waals surface area contributed by atoms with Crippen LogP contribution in [-0.2, 0) is 10.1 Å². The van der Waals surface area contributed by atoms with Crippen LogP contribution < -0.4 is 51.4 Å². The third-order valence-corrected chi connectivity index (χ3v) is 2.86. The molecule has 3 nitrogen and oxygen atoms in total. The van der Waals surface area contributed by atoms with E-state index in [0.29, 0.717) is 0 Å². The van der Waals surface area contributed by atoms with E-state index < -0.39 is 39.6 Å². The molecule has 0 aromatic carbocycles. The van der Waals surface area contributed by atoms with Crippen molar-refractivity contribution in [3.63, 3.8) is 0 Å². The molecule has 0 aliphatic carbocycles. The summed E-state index contributed by atoms with van der Waals surface area (Å²) in [6.45, 7) is 0.286. The molecule has 0 unspecified atom stereocenters. The first kappa shape index (κ1) is 22.3. The average molecular weight is 348 g/mol. The topological polar surface area (TPSA) is 57.2 Å². The molecule has 110 valence electrons. The van der Waals surface area contributed by atoms with Gasteiger partial charge in [0, 0.05) is 6.42 Å². The number of hydrogen-bond donors (Lipinski definition) is 0. The van der Waals surface area contributed by atoms with Crippen LogP contribution in [0.5, 0.6) is 0 Å². The standard InChI is InChI=1S/C6H6F8O3S.K/c1-2-3(7,8)4(9,10)5(11,12)6(13,14)18(15,16)17;/h2H2,1H3,(H,15,16,17);/q;+1/p-1. The van der Waals surface area contributed by atoms with Crippen LogP contribution in [0.15, 0.2) is 0 Å². The molecule has 0 aromatic heterocycles. The molecule has 0 atom stereocenters. The number of hydrogen-bond acceptors (Lipinski definition) is 3. The smallest absolute Gasteiger partial charge is 0.743 e. The molecule has 0 aliphatic rings. The van der Waals surface area contributed by atoms with E-state index in [9.17, 15) is 48.1 Å². The largest absolute Gasteiger partial charge is 1.00 e. The summed E-state index contributed by atoms with van der Waals surface area (Å²) < 4.78 is 130. The van der Waals surface area contributed by atoms with Gasteiger partial charge in [-0.05, 0) is 0 Å². The normalized spacial score (nSPS) is 15.1. The Hall–Kier alpha value is 0.986. The predicted octanol–water partition coefficient (Wildman–Crippen LogP) is -0.556. The second kappa shape index (κ2) is 6.00. The SMILES string of the molecule is CCC(F)(F)C(F)(F)C(F)(F)C(F)(F)S(=O)(=O)[O-].[K+]. The zero-order chi connectivity index (χ0) is 15.2. The Balaban J connectivity index is 0. The summed E-state index contributed by atoms with van der Waals surface area (Å²) in [5.41, 5.74) is 0. The fourth-order valence-electron chi connectivity index (χ4n) is 0.791. The van der Waals surface area contributed by atoms with Crippen molar-refractivity contribution in [2.24, 2.45) is 0 Å². The van der Waals surface area contributed by atoms with Crippen LogP contribution in [0, 0.1) is 0 Å². The molecule has 13 heteroatoms. The van der Waals surface area contributed by atoms with Crippen LogP contribution in [0.1, 0.15) is 13.3 Å². The molecule has 0 spiro atoms. The molecule has 0 N–H and O–H groups in total. The van der Waals surface area contributed by atoms with E-state index in [1.165, 1.54) is 0 Å². The Morgan fingerprint density at radius 3 is 1.42 bits per heavy atom. The van der Waals surface area contributed by atoms with Crippen molar-refractivity contribution in [2.75, 3.05) is 0 Å². The number of halogens is 8. The third-order valence-electron chi connectivity index (χ3n) is 1.98. The molecule has 19 heavy (non-hydrogen) atoms. The van der Waals surface area contributed by atoms with Gasteiger partial charge in [-0.25, -0.2) is 8.42 Å². The van der Waals surface area contributed by atoms with E-state index in [2.05, 4.69) is 0 Å². The van der Waals surface area contributed by atoms with Gasteiger partial charge in [-0.15, -0.1) is 0 Å². The summed E-state index contributed by atoms with van der Waals surface area (Å²) in [4.78, 5) is 0. The van der Waals surface area contributed by atoms with Crippen LogP contribution in [0.25, 0.3) is 0 Å². The molecule has 0 rings (SSSR count). The maximum Gasteiger partial charge on any atom is 1.00 e. The quantitative estimate of drug-likeness (QED) is 0.380. The number of alkyl halides is 8. The molecular formula is C6H5F8KO3S. The zero-order valence-corrected chi connectivity index (χ0v) is 13.3. The molecule has 0 aromatic rings. The molecule has 0 radical (unpaired) electrons. The van der Waals surface area contributed by atoms with Crippen LogP contribution >= 0.6 is 0 Å². The van der Waals surface area contributed by atoms with Gasteiger partial charge in [0.15, 0.2) is 10.1 Å². The molecule has 0 saturated heterocycles. The van der Waals surface area contributed by atoms with Crippen molar-refractivity contribution >= 4 is 10.1 Å². The summed E-state index contributed by atoms with van der Waals surface area (Å²) in [7, 11) is -7.26. The molecule has 0 fully saturated rings. The van der Waals surface area contributed by atoms with E-state index in [0.717, 1.165) is 0 Å². The van der Waals surface area contributed by atoms with E-state index in [-0.39, 0.29) is 58.3 Å². The minimum Gasteiger partial charge on any atom is -0.743 e. The first-order chi connectivity index (χ1) is 7.56. The van der Waals surface area contributed by atoms with Crippen LogP contribution in [0.2, 0.25) is 0 Å². The van der Waals surface area contributed by atoms with E-state index in [1.807, 2.05) is 0 Å².